The second-order valence-electron chi connectivity index (χ2n) is 3.53. The van der Waals surface area contributed by atoms with Crippen LogP contribution in [0.5, 0.6) is 0 Å². The van der Waals surface area contributed by atoms with Gasteiger partial charge >= 0.3 is 0 Å². The molecule has 3 nitrogen and oxygen atoms in total. The average molecular weight is 175 g/mol. The van der Waals surface area contributed by atoms with E-state index in [-0.39, 0.29) is 5.92 Å². The molecule has 0 aliphatic heterocycles. The van der Waals surface area contributed by atoms with Crippen LogP contribution in [0.25, 0.3) is 0 Å². The van der Waals surface area contributed by atoms with Gasteiger partial charge in [0.2, 0.25) is 0 Å². The zero-order valence-corrected chi connectivity index (χ0v) is 7.82. The fraction of sp³-hybridized carbons (Fsp3) is 0.600. The third-order valence-electron chi connectivity index (χ3n) is 2.63. The minimum atomic E-state index is 0.188. The van der Waals surface area contributed by atoms with Gasteiger partial charge in [-0.05, 0) is 25.3 Å². The summed E-state index contributed by atoms with van der Waals surface area (Å²) in [6.45, 7) is 3.00. The van der Waals surface area contributed by atoms with Crippen LogP contribution in [0.4, 0.5) is 0 Å². The van der Waals surface area contributed by atoms with Crippen LogP contribution in [-0.4, -0.2) is 9.78 Å². The van der Waals surface area contributed by atoms with Crippen LogP contribution in [-0.2, 0) is 19.4 Å². The Kier molecular flexibility index (Phi) is 2.05. The lowest BCUT2D eigenvalue weighted by Crippen LogP contribution is -2.11. The second kappa shape index (κ2) is 3.21. The van der Waals surface area contributed by atoms with E-state index in [0.29, 0.717) is 0 Å². The van der Waals surface area contributed by atoms with Crippen molar-refractivity contribution in [1.29, 1.82) is 5.26 Å². The van der Waals surface area contributed by atoms with E-state index >= 15 is 0 Å². The summed E-state index contributed by atoms with van der Waals surface area (Å²) in [6, 6.07) is 2.32. The maximum Gasteiger partial charge on any atom is 0.0669 e. The van der Waals surface area contributed by atoms with Gasteiger partial charge in [-0.1, -0.05) is 0 Å². The molecule has 0 radical (unpaired) electrons. The van der Waals surface area contributed by atoms with Crippen molar-refractivity contribution in [1.82, 2.24) is 9.78 Å². The van der Waals surface area contributed by atoms with Gasteiger partial charge in [-0.3, -0.25) is 4.68 Å². The lowest BCUT2D eigenvalue weighted by molar-refractivity contribution is 0.551. The Bertz CT molecular complexity index is 346. The van der Waals surface area contributed by atoms with Crippen molar-refractivity contribution >= 4 is 0 Å². The molecule has 0 spiro atoms. The fourth-order valence-corrected chi connectivity index (χ4v) is 1.82. The van der Waals surface area contributed by atoms with Crippen molar-refractivity contribution in [3.8, 4) is 6.07 Å². The van der Waals surface area contributed by atoms with E-state index in [2.05, 4.69) is 24.3 Å². The molecule has 0 amide bonds. The first-order valence-electron chi connectivity index (χ1n) is 4.78. The molecule has 0 bridgehead atoms. The van der Waals surface area contributed by atoms with Crippen LogP contribution in [0, 0.1) is 17.2 Å². The van der Waals surface area contributed by atoms with Gasteiger partial charge in [-0.2, -0.15) is 10.4 Å². The number of hydrogen-bond acceptors (Lipinski definition) is 2. The molecule has 1 unspecified atom stereocenters. The molecule has 0 saturated carbocycles. The second-order valence-corrected chi connectivity index (χ2v) is 3.53. The number of nitriles is 1. The predicted octanol–water partition coefficient (Wildman–Crippen LogP) is 1.53. The molecule has 1 atom stereocenters. The molecule has 0 aromatic carbocycles. The highest BCUT2D eigenvalue weighted by Crippen LogP contribution is 2.23. The molecule has 1 aromatic rings. The molecule has 1 aromatic heterocycles. The Morgan fingerprint density at radius 3 is 3.31 bits per heavy atom. The van der Waals surface area contributed by atoms with Crippen LogP contribution < -0.4 is 0 Å². The smallest absolute Gasteiger partial charge is 0.0669 e. The predicted molar refractivity (Wildman–Crippen MR) is 49.0 cm³/mol. The van der Waals surface area contributed by atoms with Gasteiger partial charge in [-0.15, -0.1) is 0 Å². The van der Waals surface area contributed by atoms with Crippen molar-refractivity contribution in [2.24, 2.45) is 5.92 Å². The molecule has 13 heavy (non-hydrogen) atoms. The van der Waals surface area contributed by atoms with E-state index in [1.165, 1.54) is 5.56 Å². The molecular weight excluding hydrogens is 162 g/mol. The van der Waals surface area contributed by atoms with Gasteiger partial charge < -0.3 is 0 Å². The maximum absolute atomic E-state index is 8.80. The van der Waals surface area contributed by atoms with Gasteiger partial charge in [0, 0.05) is 19.2 Å². The minimum absolute atomic E-state index is 0.188. The standard InChI is InChI=1S/C10H13N3/c1-2-13-7-9-4-3-8(6-11)5-10(9)12-13/h7-8H,2-5H2,1H3. The summed E-state index contributed by atoms with van der Waals surface area (Å²) in [7, 11) is 0. The van der Waals surface area contributed by atoms with Crippen LogP contribution in [0.15, 0.2) is 6.20 Å². The number of rotatable bonds is 1. The Hall–Kier alpha value is -1.30. The zero-order valence-electron chi connectivity index (χ0n) is 7.82. The molecule has 3 heteroatoms. The molecular formula is C10H13N3. The monoisotopic (exact) mass is 175 g/mol. The Morgan fingerprint density at radius 1 is 1.77 bits per heavy atom. The van der Waals surface area contributed by atoms with Crippen LogP contribution in [0.3, 0.4) is 0 Å². The van der Waals surface area contributed by atoms with E-state index in [4.69, 9.17) is 5.26 Å². The van der Waals surface area contributed by atoms with E-state index in [1.54, 1.807) is 0 Å². The summed E-state index contributed by atoms with van der Waals surface area (Å²) < 4.78 is 1.96. The quantitative estimate of drug-likeness (QED) is 0.649. The average Bonchev–Trinajstić information content (AvgIpc) is 2.58. The lowest BCUT2D eigenvalue weighted by Gasteiger charge is -2.13. The number of fused-ring (bicyclic) bond motifs is 1. The van der Waals surface area contributed by atoms with Crippen molar-refractivity contribution < 1.29 is 0 Å². The largest absolute Gasteiger partial charge is 0.272 e. The highest BCUT2D eigenvalue weighted by atomic mass is 15.3. The topological polar surface area (TPSA) is 41.6 Å². The molecule has 68 valence electrons. The Labute approximate surface area is 78.0 Å². The summed E-state index contributed by atoms with van der Waals surface area (Å²) in [5.41, 5.74) is 2.48. The summed E-state index contributed by atoms with van der Waals surface area (Å²) in [4.78, 5) is 0. The van der Waals surface area contributed by atoms with E-state index in [0.717, 1.165) is 31.5 Å². The van der Waals surface area contributed by atoms with E-state index in [9.17, 15) is 0 Å². The third kappa shape index (κ3) is 1.44. The van der Waals surface area contributed by atoms with Crippen LogP contribution >= 0.6 is 0 Å². The SMILES string of the molecule is CCn1cc2c(n1)CC(C#N)CC2. The normalized spacial score (nSPS) is 20.8. The minimum Gasteiger partial charge on any atom is -0.272 e. The molecule has 0 saturated heterocycles. The van der Waals surface area contributed by atoms with Crippen molar-refractivity contribution in [3.63, 3.8) is 0 Å². The lowest BCUT2D eigenvalue weighted by atomic mass is 9.89. The zero-order chi connectivity index (χ0) is 9.26. The van der Waals surface area contributed by atoms with Gasteiger partial charge in [-0.25, -0.2) is 0 Å². The van der Waals surface area contributed by atoms with Crippen LogP contribution in [0.2, 0.25) is 0 Å². The van der Waals surface area contributed by atoms with Gasteiger partial charge in [0.1, 0.15) is 0 Å². The van der Waals surface area contributed by atoms with Gasteiger partial charge in [0.15, 0.2) is 0 Å². The third-order valence-corrected chi connectivity index (χ3v) is 2.63. The summed E-state index contributed by atoms with van der Waals surface area (Å²) >= 11 is 0. The first-order valence-corrected chi connectivity index (χ1v) is 4.78. The Balaban J connectivity index is 2.25. The Morgan fingerprint density at radius 2 is 2.62 bits per heavy atom. The van der Waals surface area contributed by atoms with E-state index in [1.807, 2.05) is 4.68 Å². The molecule has 0 fully saturated rings. The van der Waals surface area contributed by atoms with Gasteiger partial charge in [0.05, 0.1) is 17.7 Å². The van der Waals surface area contributed by atoms with Gasteiger partial charge in [0.25, 0.3) is 0 Å². The first kappa shape index (κ1) is 8.31. The maximum atomic E-state index is 8.80. The highest BCUT2D eigenvalue weighted by molar-refractivity contribution is 5.22. The number of aryl methyl sites for hydroxylation is 2. The number of hydrogen-bond donors (Lipinski definition) is 0. The van der Waals surface area contributed by atoms with Crippen molar-refractivity contribution in [2.45, 2.75) is 32.7 Å². The summed E-state index contributed by atoms with van der Waals surface area (Å²) in [6.07, 6.45) is 4.98. The number of nitrogens with zero attached hydrogens (tertiary/aromatic N) is 3. The van der Waals surface area contributed by atoms with Crippen LogP contribution in [0.1, 0.15) is 24.6 Å². The molecule has 0 N–H and O–H groups in total. The molecule has 1 heterocycles. The fourth-order valence-electron chi connectivity index (χ4n) is 1.82. The highest BCUT2D eigenvalue weighted by Gasteiger charge is 2.20. The van der Waals surface area contributed by atoms with E-state index < -0.39 is 0 Å². The molecule has 1 aliphatic carbocycles. The molecule has 2 rings (SSSR count). The first-order chi connectivity index (χ1) is 6.33. The summed E-state index contributed by atoms with van der Waals surface area (Å²) in [5, 5.41) is 13.2. The molecule has 1 aliphatic rings. The van der Waals surface area contributed by atoms with Crippen molar-refractivity contribution in [3.05, 3.63) is 17.5 Å². The summed E-state index contributed by atoms with van der Waals surface area (Å²) in [5.74, 6) is 0.188. The van der Waals surface area contributed by atoms with Crippen molar-refractivity contribution in [2.75, 3.05) is 0 Å². The number of aromatic nitrogens is 2.